The van der Waals surface area contributed by atoms with Crippen LogP contribution in [0.15, 0.2) is 29.1 Å². The minimum absolute atomic E-state index is 0. The lowest BCUT2D eigenvalue weighted by Gasteiger charge is -2.14. The molecule has 1 aliphatic rings. The first-order chi connectivity index (χ1) is 10.2. The van der Waals surface area contributed by atoms with Crippen LogP contribution in [0.5, 0.6) is 0 Å². The number of H-pyrrole nitrogens is 1. The molecule has 1 fully saturated rings. The number of anilines is 1. The molecule has 2 heterocycles. The summed E-state index contributed by atoms with van der Waals surface area (Å²) in [6.45, 7) is 2.88. The molecule has 0 amide bonds. The van der Waals surface area contributed by atoms with E-state index in [4.69, 9.17) is 5.73 Å². The number of nitrogen functional groups attached to an aromatic ring is 1. The first-order valence-electron chi connectivity index (χ1n) is 7.33. The van der Waals surface area contributed by atoms with E-state index in [0.717, 1.165) is 19.6 Å². The van der Waals surface area contributed by atoms with Gasteiger partial charge in [-0.1, -0.05) is 18.2 Å². The Morgan fingerprint density at radius 2 is 1.82 bits per heavy atom. The molecule has 22 heavy (non-hydrogen) atoms. The van der Waals surface area contributed by atoms with E-state index in [1.165, 1.54) is 12.8 Å². The Labute approximate surface area is 134 Å². The molecule has 3 rings (SSSR count). The molecule has 0 aliphatic carbocycles. The normalized spacial score (nSPS) is 14.9. The van der Waals surface area contributed by atoms with Gasteiger partial charge in [0.25, 0.3) is 5.56 Å². The Bertz CT molecular complexity index is 736. The van der Waals surface area contributed by atoms with Crippen molar-refractivity contribution in [3.05, 3.63) is 40.2 Å². The molecule has 0 atom stereocenters. The molecule has 0 bridgehead atoms. The number of Topliss-reactive ketones (excluding diaryl/α,β-unsaturated/α-hetero) is 1. The molecule has 3 N–H and O–H groups in total. The summed E-state index contributed by atoms with van der Waals surface area (Å²) in [7, 11) is 0. The van der Waals surface area contributed by atoms with Crippen molar-refractivity contribution >= 4 is 34.8 Å². The van der Waals surface area contributed by atoms with E-state index < -0.39 is 0 Å². The van der Waals surface area contributed by atoms with Crippen molar-refractivity contribution in [2.75, 3.05) is 25.4 Å². The van der Waals surface area contributed by atoms with Crippen LogP contribution in [0.25, 0.3) is 10.8 Å². The van der Waals surface area contributed by atoms with Crippen LogP contribution in [0.4, 0.5) is 5.82 Å². The topological polar surface area (TPSA) is 79.2 Å². The minimum atomic E-state index is -0.251. The van der Waals surface area contributed by atoms with Gasteiger partial charge in [0.2, 0.25) is 0 Å². The average Bonchev–Trinajstić information content (AvgIpc) is 2.98. The smallest absolute Gasteiger partial charge is 0.257 e. The van der Waals surface area contributed by atoms with Crippen molar-refractivity contribution < 1.29 is 4.79 Å². The highest BCUT2D eigenvalue weighted by Gasteiger charge is 2.18. The number of carbonyl (C=O) groups excluding carboxylic acids is 1. The van der Waals surface area contributed by atoms with Gasteiger partial charge in [-0.3, -0.25) is 9.59 Å². The Morgan fingerprint density at radius 1 is 1.18 bits per heavy atom. The lowest BCUT2D eigenvalue weighted by molar-refractivity contribution is 0.0971. The van der Waals surface area contributed by atoms with Gasteiger partial charge in [0.15, 0.2) is 5.78 Å². The molecule has 2 aromatic rings. The van der Waals surface area contributed by atoms with Crippen LogP contribution in [0.2, 0.25) is 0 Å². The summed E-state index contributed by atoms with van der Waals surface area (Å²) < 4.78 is 0. The quantitative estimate of drug-likeness (QED) is 0.846. The van der Waals surface area contributed by atoms with E-state index in [9.17, 15) is 9.59 Å². The highest BCUT2D eigenvalue weighted by atomic mass is 35.5. The van der Waals surface area contributed by atoms with Crippen LogP contribution < -0.4 is 11.3 Å². The Balaban J connectivity index is 0.00000176. The van der Waals surface area contributed by atoms with Crippen LogP contribution in [0.3, 0.4) is 0 Å². The first-order valence-corrected chi connectivity index (χ1v) is 7.33. The molecule has 5 nitrogen and oxygen atoms in total. The molecule has 0 radical (unpaired) electrons. The standard InChI is InChI=1S/C16H19N3O2.ClH/c17-15-14(13(20)7-10-19-8-3-4-9-19)11-5-1-2-6-12(11)16(21)18-15;/h1-2,5-6H,3-4,7-10H2,(H3,17,18,21);1H. The third-order valence-electron chi connectivity index (χ3n) is 4.09. The van der Waals surface area contributed by atoms with Gasteiger partial charge in [-0.25, -0.2) is 0 Å². The third-order valence-corrected chi connectivity index (χ3v) is 4.09. The summed E-state index contributed by atoms with van der Waals surface area (Å²) in [5.74, 6) is 0.164. The van der Waals surface area contributed by atoms with Gasteiger partial charge in [0, 0.05) is 23.7 Å². The number of hydrogen-bond donors (Lipinski definition) is 2. The number of fused-ring (bicyclic) bond motifs is 1. The number of aromatic nitrogens is 1. The van der Waals surface area contributed by atoms with Gasteiger partial charge in [-0.2, -0.15) is 0 Å². The number of nitrogens with two attached hydrogens (primary N) is 1. The fraction of sp³-hybridized carbons (Fsp3) is 0.375. The molecule has 1 aromatic heterocycles. The van der Waals surface area contributed by atoms with Crippen LogP contribution in [0.1, 0.15) is 29.6 Å². The molecule has 0 spiro atoms. The summed E-state index contributed by atoms with van der Waals surface area (Å²) in [6, 6.07) is 7.10. The van der Waals surface area contributed by atoms with Crippen molar-refractivity contribution in [2.24, 2.45) is 0 Å². The molecule has 0 saturated carbocycles. The molecule has 118 valence electrons. The lowest BCUT2D eigenvalue weighted by atomic mass is 10.0. The summed E-state index contributed by atoms with van der Waals surface area (Å²) in [6.07, 6.45) is 2.84. The molecule has 1 aromatic carbocycles. The monoisotopic (exact) mass is 321 g/mol. The fourth-order valence-corrected chi connectivity index (χ4v) is 2.99. The van der Waals surface area contributed by atoms with Gasteiger partial charge in [-0.05, 0) is 32.0 Å². The zero-order chi connectivity index (χ0) is 14.8. The number of halogens is 1. The number of rotatable bonds is 4. The van der Waals surface area contributed by atoms with Crippen LogP contribution in [-0.4, -0.2) is 35.3 Å². The number of likely N-dealkylation sites (tertiary alicyclic amines) is 1. The molecule has 1 saturated heterocycles. The summed E-state index contributed by atoms with van der Waals surface area (Å²) in [5.41, 5.74) is 6.08. The molecule has 6 heteroatoms. The van der Waals surface area contributed by atoms with Crippen molar-refractivity contribution in [3.8, 4) is 0 Å². The van der Waals surface area contributed by atoms with E-state index in [0.29, 0.717) is 22.8 Å². The van der Waals surface area contributed by atoms with Gasteiger partial charge < -0.3 is 15.6 Å². The van der Waals surface area contributed by atoms with Crippen LogP contribution in [-0.2, 0) is 0 Å². The maximum absolute atomic E-state index is 12.5. The number of nitrogens with zero attached hydrogens (tertiary/aromatic N) is 1. The zero-order valence-electron chi connectivity index (χ0n) is 12.3. The predicted octanol–water partition coefficient (Wildman–Crippen LogP) is 2.20. The first kappa shape index (κ1) is 16.5. The highest BCUT2D eigenvalue weighted by Crippen LogP contribution is 2.21. The summed E-state index contributed by atoms with van der Waals surface area (Å²) in [4.78, 5) is 29.3. The maximum atomic E-state index is 12.5. The number of aromatic amines is 1. The van der Waals surface area contributed by atoms with Crippen molar-refractivity contribution in [2.45, 2.75) is 19.3 Å². The van der Waals surface area contributed by atoms with E-state index in [-0.39, 0.29) is 29.6 Å². The molecular formula is C16H20ClN3O2. The third kappa shape index (κ3) is 3.15. The molecule has 0 unspecified atom stereocenters. The highest BCUT2D eigenvalue weighted by molar-refractivity contribution is 6.11. The molecular weight excluding hydrogens is 302 g/mol. The Morgan fingerprint density at radius 3 is 2.50 bits per heavy atom. The van der Waals surface area contributed by atoms with Gasteiger partial charge >= 0.3 is 0 Å². The SMILES string of the molecule is Cl.Nc1[nH]c(=O)c2ccccc2c1C(=O)CCN1CCCC1. The van der Waals surface area contributed by atoms with Crippen molar-refractivity contribution in [3.63, 3.8) is 0 Å². The van der Waals surface area contributed by atoms with Crippen molar-refractivity contribution in [1.29, 1.82) is 0 Å². The van der Waals surface area contributed by atoms with E-state index in [1.54, 1.807) is 18.2 Å². The van der Waals surface area contributed by atoms with E-state index in [1.807, 2.05) is 6.07 Å². The number of benzene rings is 1. The Hall–Kier alpha value is -1.85. The number of pyridine rings is 1. The maximum Gasteiger partial charge on any atom is 0.257 e. The van der Waals surface area contributed by atoms with Gasteiger partial charge in [0.05, 0.1) is 5.56 Å². The predicted molar refractivity (Wildman–Crippen MR) is 90.9 cm³/mol. The number of hydrogen-bond acceptors (Lipinski definition) is 4. The van der Waals surface area contributed by atoms with E-state index in [2.05, 4.69) is 9.88 Å². The Kier molecular flexibility index (Phi) is 5.21. The summed E-state index contributed by atoms with van der Waals surface area (Å²) in [5, 5.41) is 1.15. The minimum Gasteiger partial charge on any atom is -0.385 e. The fourth-order valence-electron chi connectivity index (χ4n) is 2.99. The van der Waals surface area contributed by atoms with Crippen LogP contribution >= 0.6 is 12.4 Å². The zero-order valence-corrected chi connectivity index (χ0v) is 13.1. The summed E-state index contributed by atoms with van der Waals surface area (Å²) >= 11 is 0. The second-order valence-electron chi connectivity index (χ2n) is 5.51. The van der Waals surface area contributed by atoms with Gasteiger partial charge in [0.1, 0.15) is 5.82 Å². The number of ketones is 1. The van der Waals surface area contributed by atoms with Crippen LogP contribution in [0, 0.1) is 0 Å². The number of nitrogens with one attached hydrogen (secondary N) is 1. The molecule has 1 aliphatic heterocycles. The number of carbonyl (C=O) groups is 1. The lowest BCUT2D eigenvalue weighted by Crippen LogP contribution is -2.23. The average molecular weight is 322 g/mol. The van der Waals surface area contributed by atoms with Crippen molar-refractivity contribution in [1.82, 2.24) is 9.88 Å². The van der Waals surface area contributed by atoms with Gasteiger partial charge in [-0.15, -0.1) is 12.4 Å². The second kappa shape index (κ2) is 6.94. The second-order valence-corrected chi connectivity index (χ2v) is 5.51. The largest absolute Gasteiger partial charge is 0.385 e. The van der Waals surface area contributed by atoms with E-state index >= 15 is 0 Å².